The summed E-state index contributed by atoms with van der Waals surface area (Å²) in [5.74, 6) is 0. The van der Waals surface area contributed by atoms with Crippen molar-refractivity contribution in [2.24, 2.45) is 0 Å². The number of nitrogens with zero attached hydrogens (tertiary/aromatic N) is 1. The molecule has 2 nitrogen and oxygen atoms in total. The highest BCUT2D eigenvalue weighted by molar-refractivity contribution is 9.10. The maximum Gasteiger partial charge on any atom is 0.149 e. The van der Waals surface area contributed by atoms with Gasteiger partial charge in [-0.15, -0.1) is 0 Å². The molecule has 0 saturated carbocycles. The molecular weight excluding hydrogens is 218 g/mol. The Bertz CT molecular complexity index is 467. The van der Waals surface area contributed by atoms with Crippen LogP contribution in [0, 0.1) is 11.3 Å². The van der Waals surface area contributed by atoms with Gasteiger partial charge in [-0.1, -0.05) is 6.07 Å². The van der Waals surface area contributed by atoms with E-state index < -0.39 is 0 Å². The summed E-state index contributed by atoms with van der Waals surface area (Å²) in [6, 6.07) is 7.69. The Morgan fingerprint density at radius 1 is 1.42 bits per heavy atom. The van der Waals surface area contributed by atoms with Gasteiger partial charge in [0.2, 0.25) is 0 Å². The Hall–Kier alpha value is -1.27. The molecule has 58 valence electrons. The van der Waals surface area contributed by atoms with Gasteiger partial charge < -0.3 is 4.42 Å². The molecule has 0 aliphatic heterocycles. The minimum atomic E-state index is 0.575. The first-order valence-corrected chi connectivity index (χ1v) is 4.18. The second-order valence-electron chi connectivity index (χ2n) is 2.38. The first kappa shape index (κ1) is 7.38. The highest BCUT2D eigenvalue weighted by atomic mass is 79.9. The van der Waals surface area contributed by atoms with E-state index in [0.717, 1.165) is 15.4 Å². The van der Waals surface area contributed by atoms with Gasteiger partial charge in [0.05, 0.1) is 10.0 Å². The molecule has 2 rings (SSSR count). The van der Waals surface area contributed by atoms with Crippen molar-refractivity contribution in [3.63, 3.8) is 0 Å². The Labute approximate surface area is 77.5 Å². The molecule has 0 fully saturated rings. The summed E-state index contributed by atoms with van der Waals surface area (Å²) < 4.78 is 6.08. The third-order valence-electron chi connectivity index (χ3n) is 1.67. The number of benzene rings is 1. The largest absolute Gasteiger partial charge is 0.462 e. The van der Waals surface area contributed by atoms with Crippen molar-refractivity contribution in [2.45, 2.75) is 0 Å². The molecule has 1 aromatic carbocycles. The van der Waals surface area contributed by atoms with Crippen LogP contribution in [0.3, 0.4) is 0 Å². The fourth-order valence-corrected chi connectivity index (χ4v) is 1.57. The number of furan rings is 1. The molecule has 1 heterocycles. The zero-order valence-corrected chi connectivity index (χ0v) is 7.63. The Morgan fingerprint density at radius 2 is 2.25 bits per heavy atom. The van der Waals surface area contributed by atoms with E-state index in [2.05, 4.69) is 22.0 Å². The Kier molecular flexibility index (Phi) is 1.63. The van der Waals surface area contributed by atoms with Gasteiger partial charge in [-0.2, -0.15) is 5.26 Å². The zero-order valence-electron chi connectivity index (χ0n) is 6.04. The average molecular weight is 222 g/mol. The molecule has 0 aliphatic carbocycles. The van der Waals surface area contributed by atoms with Crippen LogP contribution < -0.4 is 0 Å². The van der Waals surface area contributed by atoms with Gasteiger partial charge in [0.15, 0.2) is 0 Å². The van der Waals surface area contributed by atoms with Crippen LogP contribution in [0.5, 0.6) is 0 Å². The minimum absolute atomic E-state index is 0.575. The number of nitriles is 1. The summed E-state index contributed by atoms with van der Waals surface area (Å²) in [6.45, 7) is 0. The van der Waals surface area contributed by atoms with Gasteiger partial charge in [0.1, 0.15) is 17.9 Å². The van der Waals surface area contributed by atoms with Crippen LogP contribution in [0.2, 0.25) is 0 Å². The molecule has 0 N–H and O–H groups in total. The molecule has 2 aromatic rings. The molecule has 0 atom stereocenters. The topological polar surface area (TPSA) is 36.9 Å². The van der Waals surface area contributed by atoms with E-state index in [0.29, 0.717) is 5.56 Å². The van der Waals surface area contributed by atoms with E-state index in [1.165, 1.54) is 6.26 Å². The van der Waals surface area contributed by atoms with Crippen LogP contribution in [-0.2, 0) is 0 Å². The van der Waals surface area contributed by atoms with E-state index in [1.807, 2.05) is 18.2 Å². The number of hydrogen-bond acceptors (Lipinski definition) is 2. The predicted octanol–water partition coefficient (Wildman–Crippen LogP) is 3.07. The molecule has 0 unspecified atom stereocenters. The summed E-state index contributed by atoms with van der Waals surface area (Å²) in [7, 11) is 0. The third kappa shape index (κ3) is 0.926. The van der Waals surface area contributed by atoms with Gasteiger partial charge in [-0.05, 0) is 28.1 Å². The molecule has 0 aliphatic rings. The fraction of sp³-hybridized carbons (Fsp3) is 0. The zero-order chi connectivity index (χ0) is 8.55. The lowest BCUT2D eigenvalue weighted by Gasteiger charge is -1.89. The van der Waals surface area contributed by atoms with Gasteiger partial charge in [0.25, 0.3) is 0 Å². The van der Waals surface area contributed by atoms with Crippen molar-refractivity contribution in [1.29, 1.82) is 5.26 Å². The quantitative estimate of drug-likeness (QED) is 0.686. The van der Waals surface area contributed by atoms with Crippen molar-refractivity contribution in [2.75, 3.05) is 0 Å². The summed E-state index contributed by atoms with van der Waals surface area (Å²) in [6.07, 6.45) is 1.47. The lowest BCUT2D eigenvalue weighted by Crippen LogP contribution is -1.69. The van der Waals surface area contributed by atoms with Crippen LogP contribution in [0.4, 0.5) is 0 Å². The number of rotatable bonds is 0. The van der Waals surface area contributed by atoms with Gasteiger partial charge in [-0.3, -0.25) is 0 Å². The van der Waals surface area contributed by atoms with Crippen LogP contribution in [0.1, 0.15) is 5.56 Å². The molecule has 3 heteroatoms. The number of para-hydroxylation sites is 1. The Balaban J connectivity index is 2.91. The first-order valence-electron chi connectivity index (χ1n) is 3.39. The molecule has 0 bridgehead atoms. The highest BCUT2D eigenvalue weighted by Crippen LogP contribution is 2.27. The number of halogens is 1. The van der Waals surface area contributed by atoms with Crippen molar-refractivity contribution in [3.05, 3.63) is 34.5 Å². The normalized spacial score (nSPS) is 10.0. The number of hydrogen-bond donors (Lipinski definition) is 0. The molecule has 12 heavy (non-hydrogen) atoms. The molecule has 1 aromatic heterocycles. The van der Waals surface area contributed by atoms with E-state index in [4.69, 9.17) is 9.68 Å². The SMILES string of the molecule is N#Cc1coc2c(Br)cccc12. The van der Waals surface area contributed by atoms with Crippen LogP contribution in [0.25, 0.3) is 11.0 Å². The molecular formula is C9H4BrNO. The minimum Gasteiger partial charge on any atom is -0.462 e. The van der Waals surface area contributed by atoms with E-state index >= 15 is 0 Å². The standard InChI is InChI=1S/C9H4BrNO/c10-8-3-1-2-7-6(4-11)5-12-9(7)8/h1-3,5H. The molecule has 0 amide bonds. The lowest BCUT2D eigenvalue weighted by atomic mass is 10.2. The first-order chi connectivity index (χ1) is 5.83. The van der Waals surface area contributed by atoms with Crippen LogP contribution in [-0.4, -0.2) is 0 Å². The van der Waals surface area contributed by atoms with Gasteiger partial charge >= 0.3 is 0 Å². The number of fused-ring (bicyclic) bond motifs is 1. The second-order valence-corrected chi connectivity index (χ2v) is 3.23. The Morgan fingerprint density at radius 3 is 3.00 bits per heavy atom. The van der Waals surface area contributed by atoms with Gasteiger partial charge in [0, 0.05) is 5.39 Å². The summed E-state index contributed by atoms with van der Waals surface area (Å²) in [4.78, 5) is 0. The van der Waals surface area contributed by atoms with E-state index in [1.54, 1.807) is 0 Å². The summed E-state index contributed by atoms with van der Waals surface area (Å²) in [5.41, 5.74) is 1.31. The molecule has 0 spiro atoms. The van der Waals surface area contributed by atoms with Crippen molar-refractivity contribution in [3.8, 4) is 6.07 Å². The molecule has 0 saturated heterocycles. The monoisotopic (exact) mass is 221 g/mol. The maximum absolute atomic E-state index is 8.69. The van der Waals surface area contributed by atoms with Crippen molar-refractivity contribution >= 4 is 26.9 Å². The van der Waals surface area contributed by atoms with Crippen LogP contribution >= 0.6 is 15.9 Å². The predicted molar refractivity (Wildman–Crippen MR) is 48.6 cm³/mol. The lowest BCUT2D eigenvalue weighted by molar-refractivity contribution is 0.613. The van der Waals surface area contributed by atoms with Gasteiger partial charge in [-0.25, -0.2) is 0 Å². The highest BCUT2D eigenvalue weighted by Gasteiger charge is 2.06. The maximum atomic E-state index is 8.69. The average Bonchev–Trinajstić information content (AvgIpc) is 2.49. The van der Waals surface area contributed by atoms with Crippen molar-refractivity contribution < 1.29 is 4.42 Å². The van der Waals surface area contributed by atoms with Crippen molar-refractivity contribution in [1.82, 2.24) is 0 Å². The summed E-state index contributed by atoms with van der Waals surface area (Å²) >= 11 is 3.34. The van der Waals surface area contributed by atoms with E-state index in [9.17, 15) is 0 Å². The molecule has 0 radical (unpaired) electrons. The summed E-state index contributed by atoms with van der Waals surface area (Å²) in [5, 5.41) is 9.54. The smallest absolute Gasteiger partial charge is 0.149 e. The van der Waals surface area contributed by atoms with E-state index in [-0.39, 0.29) is 0 Å². The second kappa shape index (κ2) is 2.65. The third-order valence-corrected chi connectivity index (χ3v) is 2.30. The fourth-order valence-electron chi connectivity index (χ4n) is 1.11. The van der Waals surface area contributed by atoms with Crippen LogP contribution in [0.15, 0.2) is 33.4 Å².